The topological polar surface area (TPSA) is 23.5 Å². The first kappa shape index (κ1) is 27.0. The Bertz CT molecular complexity index is 507. The van der Waals surface area contributed by atoms with Crippen LogP contribution in [0.1, 0.15) is 128 Å². The molecule has 1 aromatic rings. The summed E-state index contributed by atoms with van der Waals surface area (Å²) in [5.74, 6) is 0.486. The van der Waals surface area contributed by atoms with E-state index in [1.807, 2.05) is 12.1 Å². The zero-order valence-electron chi connectivity index (χ0n) is 20.6. The normalized spacial score (nSPS) is 11.5. The van der Waals surface area contributed by atoms with Gasteiger partial charge in [-0.2, -0.15) is 0 Å². The van der Waals surface area contributed by atoms with Gasteiger partial charge < -0.3 is 5.11 Å². The summed E-state index contributed by atoms with van der Waals surface area (Å²) in [6.45, 7) is 9.88. The van der Waals surface area contributed by atoms with Crippen LogP contribution in [0.4, 0.5) is 0 Å². The Kier molecular flexibility index (Phi) is 16.9. The number of benzene rings is 1. The predicted molar refractivity (Wildman–Crippen MR) is 133 cm³/mol. The fourth-order valence-electron chi connectivity index (χ4n) is 4.50. The van der Waals surface area contributed by atoms with Crippen LogP contribution in [0.15, 0.2) is 18.2 Å². The van der Waals surface area contributed by atoms with Crippen LogP contribution < -0.4 is 0 Å². The Morgan fingerprint density at radius 3 is 1.63 bits per heavy atom. The highest BCUT2D eigenvalue weighted by Crippen LogP contribution is 2.25. The van der Waals surface area contributed by atoms with Crippen LogP contribution in [0.3, 0.4) is 0 Å². The summed E-state index contributed by atoms with van der Waals surface area (Å²) in [5.41, 5.74) is 2.52. The number of aromatic hydroxyl groups is 1. The fourth-order valence-corrected chi connectivity index (χ4v) is 4.50. The van der Waals surface area contributed by atoms with E-state index >= 15 is 0 Å². The molecular weight excluding hydrogens is 366 g/mol. The molecule has 0 atom stereocenters. The minimum atomic E-state index is 0.486. The lowest BCUT2D eigenvalue weighted by Crippen LogP contribution is -2.25. The highest BCUT2D eigenvalue weighted by molar-refractivity contribution is 5.39. The molecule has 0 saturated carbocycles. The second kappa shape index (κ2) is 18.7. The first-order valence-electron chi connectivity index (χ1n) is 13.2. The summed E-state index contributed by atoms with van der Waals surface area (Å²) in [5, 5.41) is 10.5. The number of unbranched alkanes of at least 4 members (excludes halogenated alkanes) is 12. The summed E-state index contributed by atoms with van der Waals surface area (Å²) < 4.78 is 0. The molecular formula is C28H51NO. The van der Waals surface area contributed by atoms with Crippen LogP contribution in [0, 0.1) is 0 Å². The predicted octanol–water partition coefficient (Wildman–Crippen LogP) is 8.65. The van der Waals surface area contributed by atoms with Crippen molar-refractivity contribution in [3.05, 3.63) is 29.3 Å². The summed E-state index contributed by atoms with van der Waals surface area (Å²) in [6.07, 6.45) is 21.6. The molecule has 30 heavy (non-hydrogen) atoms. The number of phenolic OH excluding ortho intramolecular Hbond substituents is 1. The molecule has 0 saturated heterocycles. The molecule has 174 valence electrons. The average molecular weight is 418 g/mol. The number of hydrogen-bond acceptors (Lipinski definition) is 2. The van der Waals surface area contributed by atoms with Gasteiger partial charge in [-0.05, 0) is 50.4 Å². The van der Waals surface area contributed by atoms with Gasteiger partial charge in [0.1, 0.15) is 5.75 Å². The monoisotopic (exact) mass is 417 g/mol. The van der Waals surface area contributed by atoms with Gasteiger partial charge in [0.15, 0.2) is 0 Å². The van der Waals surface area contributed by atoms with Gasteiger partial charge >= 0.3 is 0 Å². The quantitative estimate of drug-likeness (QED) is 0.215. The van der Waals surface area contributed by atoms with Gasteiger partial charge in [-0.25, -0.2) is 0 Å². The Morgan fingerprint density at radius 2 is 1.13 bits per heavy atom. The third kappa shape index (κ3) is 12.6. The Morgan fingerprint density at radius 1 is 0.633 bits per heavy atom. The summed E-state index contributed by atoms with van der Waals surface area (Å²) >= 11 is 0. The number of aryl methyl sites for hydroxylation is 1. The van der Waals surface area contributed by atoms with Gasteiger partial charge in [-0.15, -0.1) is 0 Å². The lowest BCUT2D eigenvalue weighted by atomic mass is 9.98. The van der Waals surface area contributed by atoms with Crippen LogP contribution in [0.25, 0.3) is 0 Å². The van der Waals surface area contributed by atoms with Crippen LogP contribution in [-0.4, -0.2) is 23.1 Å². The molecule has 0 spiro atoms. The first-order chi connectivity index (χ1) is 14.7. The van der Waals surface area contributed by atoms with Crippen molar-refractivity contribution >= 4 is 0 Å². The van der Waals surface area contributed by atoms with Crippen LogP contribution in [0.5, 0.6) is 5.75 Å². The fraction of sp³-hybridized carbons (Fsp3) is 0.786. The Balaban J connectivity index is 2.20. The molecule has 2 heteroatoms. The largest absolute Gasteiger partial charge is 0.508 e. The minimum Gasteiger partial charge on any atom is -0.508 e. The third-order valence-electron chi connectivity index (χ3n) is 6.26. The molecule has 0 heterocycles. The second-order valence-electron chi connectivity index (χ2n) is 9.18. The zero-order valence-corrected chi connectivity index (χ0v) is 20.6. The lowest BCUT2D eigenvalue weighted by Gasteiger charge is -2.23. The summed E-state index contributed by atoms with van der Waals surface area (Å²) in [6, 6.07) is 6.10. The van der Waals surface area contributed by atoms with Crippen molar-refractivity contribution in [3.63, 3.8) is 0 Å². The van der Waals surface area contributed by atoms with E-state index in [1.165, 1.54) is 107 Å². The first-order valence-corrected chi connectivity index (χ1v) is 13.2. The molecule has 1 aromatic carbocycles. The van der Waals surface area contributed by atoms with Crippen molar-refractivity contribution in [1.82, 2.24) is 4.90 Å². The minimum absolute atomic E-state index is 0.486. The van der Waals surface area contributed by atoms with Gasteiger partial charge in [0.2, 0.25) is 0 Å². The zero-order chi connectivity index (χ0) is 21.9. The van der Waals surface area contributed by atoms with Crippen molar-refractivity contribution in [2.45, 2.75) is 130 Å². The average Bonchev–Trinajstić information content (AvgIpc) is 2.74. The Hall–Kier alpha value is -1.02. The molecule has 0 radical (unpaired) electrons. The maximum absolute atomic E-state index is 10.5. The molecule has 2 nitrogen and oxygen atoms in total. The molecule has 0 unspecified atom stereocenters. The summed E-state index contributed by atoms with van der Waals surface area (Å²) in [4.78, 5) is 2.49. The molecule has 1 rings (SSSR count). The number of rotatable bonds is 20. The Labute approximate surface area is 188 Å². The van der Waals surface area contributed by atoms with E-state index in [1.54, 1.807) is 0 Å². The van der Waals surface area contributed by atoms with E-state index in [0.29, 0.717) is 5.75 Å². The van der Waals surface area contributed by atoms with E-state index in [0.717, 1.165) is 26.1 Å². The molecule has 0 bridgehead atoms. The molecule has 0 aromatic heterocycles. The third-order valence-corrected chi connectivity index (χ3v) is 6.26. The smallest absolute Gasteiger partial charge is 0.120 e. The molecule has 0 aliphatic carbocycles. The molecule has 0 aliphatic rings. The molecule has 0 fully saturated rings. The van der Waals surface area contributed by atoms with Crippen molar-refractivity contribution < 1.29 is 5.11 Å². The standard InChI is InChI=1S/C28H51NO/c1-4-7-8-9-10-11-12-13-14-15-16-17-18-20-26-21-19-22-28(30)27(26)25-29(23-5-2)24-6-3/h19,21-22,30H,4-18,20,23-25H2,1-3H3. The molecule has 1 N–H and O–H groups in total. The van der Waals surface area contributed by atoms with Crippen molar-refractivity contribution in [1.29, 1.82) is 0 Å². The van der Waals surface area contributed by atoms with Gasteiger partial charge in [-0.3, -0.25) is 4.90 Å². The maximum atomic E-state index is 10.5. The van der Waals surface area contributed by atoms with Crippen LogP contribution in [0.2, 0.25) is 0 Å². The van der Waals surface area contributed by atoms with Crippen LogP contribution in [-0.2, 0) is 13.0 Å². The van der Waals surface area contributed by atoms with Crippen molar-refractivity contribution in [2.75, 3.05) is 13.1 Å². The van der Waals surface area contributed by atoms with Gasteiger partial charge in [-0.1, -0.05) is 110 Å². The number of nitrogens with zero attached hydrogens (tertiary/aromatic N) is 1. The second-order valence-corrected chi connectivity index (χ2v) is 9.18. The molecule has 0 aliphatic heterocycles. The maximum Gasteiger partial charge on any atom is 0.120 e. The van der Waals surface area contributed by atoms with Gasteiger partial charge in [0, 0.05) is 12.1 Å². The lowest BCUT2D eigenvalue weighted by molar-refractivity contribution is 0.262. The van der Waals surface area contributed by atoms with E-state index in [-0.39, 0.29) is 0 Å². The van der Waals surface area contributed by atoms with E-state index < -0.39 is 0 Å². The van der Waals surface area contributed by atoms with E-state index in [4.69, 9.17) is 0 Å². The number of hydrogen-bond donors (Lipinski definition) is 1. The van der Waals surface area contributed by atoms with E-state index in [9.17, 15) is 5.11 Å². The van der Waals surface area contributed by atoms with Crippen LogP contribution >= 0.6 is 0 Å². The highest BCUT2D eigenvalue weighted by atomic mass is 16.3. The highest BCUT2D eigenvalue weighted by Gasteiger charge is 2.12. The number of phenols is 1. The van der Waals surface area contributed by atoms with Crippen molar-refractivity contribution in [2.24, 2.45) is 0 Å². The SMILES string of the molecule is CCCCCCCCCCCCCCCc1cccc(O)c1CN(CCC)CCC. The van der Waals surface area contributed by atoms with E-state index in [2.05, 4.69) is 31.7 Å². The van der Waals surface area contributed by atoms with Crippen molar-refractivity contribution in [3.8, 4) is 5.75 Å². The van der Waals surface area contributed by atoms with Gasteiger partial charge in [0.25, 0.3) is 0 Å². The summed E-state index contributed by atoms with van der Waals surface area (Å²) in [7, 11) is 0. The van der Waals surface area contributed by atoms with Gasteiger partial charge in [0.05, 0.1) is 0 Å². The molecule has 0 amide bonds.